The fourth-order valence-corrected chi connectivity index (χ4v) is 2.81. The van der Waals surface area contributed by atoms with Crippen molar-refractivity contribution in [2.45, 2.75) is 26.7 Å². The highest BCUT2D eigenvalue weighted by Gasteiger charge is 2.18. The van der Waals surface area contributed by atoms with E-state index >= 15 is 0 Å². The minimum absolute atomic E-state index is 0.189. The van der Waals surface area contributed by atoms with E-state index in [4.69, 9.17) is 4.74 Å². The summed E-state index contributed by atoms with van der Waals surface area (Å²) in [6.45, 7) is 6.55. The van der Waals surface area contributed by atoms with E-state index in [0.717, 1.165) is 11.6 Å². The van der Waals surface area contributed by atoms with E-state index in [1.54, 1.807) is 16.6 Å². The second-order valence-corrected chi connectivity index (χ2v) is 6.18. The minimum atomic E-state index is -0.264. The average Bonchev–Trinajstić information content (AvgIpc) is 3.09. The van der Waals surface area contributed by atoms with Crippen molar-refractivity contribution in [3.05, 3.63) is 35.1 Å². The van der Waals surface area contributed by atoms with Gasteiger partial charge in [0.15, 0.2) is 5.82 Å². The molecule has 0 aliphatic carbocycles. The number of nitrogens with zero attached hydrogens (tertiary/aromatic N) is 4. The third-order valence-electron chi connectivity index (χ3n) is 3.15. The number of amides is 1. The van der Waals surface area contributed by atoms with Crippen molar-refractivity contribution in [3.63, 3.8) is 0 Å². The fourth-order valence-electron chi connectivity index (χ4n) is 2.07. The molecule has 1 amide bonds. The lowest BCUT2D eigenvalue weighted by molar-refractivity contribution is 0.102. The zero-order valence-electron chi connectivity index (χ0n) is 13.1. The molecule has 2 heterocycles. The molecular weight excluding hydrogens is 314 g/mol. The molecule has 1 aromatic carbocycles. The maximum atomic E-state index is 12.3. The molecule has 0 radical (unpaired) electrons. The normalized spacial score (nSPS) is 11.1. The predicted octanol–water partition coefficient (Wildman–Crippen LogP) is 2.96. The monoisotopic (exact) mass is 331 g/mol. The Morgan fingerprint density at radius 2 is 2.04 bits per heavy atom. The van der Waals surface area contributed by atoms with Gasteiger partial charge in [-0.05, 0) is 31.2 Å². The number of rotatable bonds is 5. The smallest absolute Gasteiger partial charge is 0.286 e. The van der Waals surface area contributed by atoms with E-state index in [1.807, 2.05) is 32.9 Å². The predicted molar refractivity (Wildman–Crippen MR) is 88.3 cm³/mol. The Labute approximate surface area is 137 Å². The average molecular weight is 331 g/mol. The Morgan fingerprint density at radius 3 is 2.70 bits per heavy atom. The van der Waals surface area contributed by atoms with Gasteiger partial charge >= 0.3 is 0 Å². The molecule has 0 bridgehead atoms. The number of carbonyl (C=O) groups is 1. The first-order valence-corrected chi connectivity index (χ1v) is 8.16. The Balaban J connectivity index is 1.77. The molecule has 0 saturated carbocycles. The van der Waals surface area contributed by atoms with Crippen LogP contribution in [0.2, 0.25) is 0 Å². The molecule has 0 spiro atoms. The summed E-state index contributed by atoms with van der Waals surface area (Å²) in [6.07, 6.45) is 0. The first-order chi connectivity index (χ1) is 11.1. The summed E-state index contributed by atoms with van der Waals surface area (Å²) < 4.78 is 7.00. The number of anilines is 1. The number of carbonyl (C=O) groups excluding carboxylic acids is 1. The summed E-state index contributed by atoms with van der Waals surface area (Å²) in [7, 11) is 0. The van der Waals surface area contributed by atoms with Crippen molar-refractivity contribution in [1.29, 1.82) is 0 Å². The highest BCUT2D eigenvalue weighted by molar-refractivity contribution is 7.18. The maximum Gasteiger partial charge on any atom is 0.286 e. The molecule has 3 rings (SSSR count). The van der Waals surface area contributed by atoms with Crippen molar-refractivity contribution in [2.24, 2.45) is 0 Å². The van der Waals surface area contributed by atoms with Gasteiger partial charge in [0, 0.05) is 11.6 Å². The number of ether oxygens (including phenoxy) is 1. The van der Waals surface area contributed by atoms with E-state index < -0.39 is 0 Å². The van der Waals surface area contributed by atoms with Gasteiger partial charge in [-0.15, -0.1) is 15.3 Å². The van der Waals surface area contributed by atoms with E-state index in [9.17, 15) is 4.79 Å². The molecule has 23 heavy (non-hydrogen) atoms. The van der Waals surface area contributed by atoms with Crippen molar-refractivity contribution in [3.8, 4) is 5.75 Å². The lowest BCUT2D eigenvalue weighted by Gasteiger charge is -2.05. The molecule has 3 aromatic rings. The summed E-state index contributed by atoms with van der Waals surface area (Å²) in [5.41, 5.74) is 0.688. The summed E-state index contributed by atoms with van der Waals surface area (Å²) in [6, 6.07) is 7.22. The fraction of sp³-hybridized carbons (Fsp3) is 0.333. The molecule has 1 N–H and O–H groups in total. The third-order valence-corrected chi connectivity index (χ3v) is 4.05. The van der Waals surface area contributed by atoms with Gasteiger partial charge in [-0.1, -0.05) is 25.2 Å². The quantitative estimate of drug-likeness (QED) is 0.777. The Morgan fingerprint density at radius 1 is 1.30 bits per heavy atom. The van der Waals surface area contributed by atoms with Gasteiger partial charge in [0.25, 0.3) is 5.91 Å². The zero-order valence-corrected chi connectivity index (χ0v) is 13.9. The molecular formula is C15H17N5O2S. The zero-order chi connectivity index (χ0) is 16.4. The third kappa shape index (κ3) is 3.16. The SMILES string of the molecule is CCOc1ccc(NC(=O)c2nn3c(C(C)C)nnc3s2)cc1. The number of hydrogen-bond acceptors (Lipinski definition) is 6. The molecule has 120 valence electrons. The molecule has 0 atom stereocenters. The molecule has 0 saturated heterocycles. The number of hydrogen-bond donors (Lipinski definition) is 1. The van der Waals surface area contributed by atoms with E-state index in [0.29, 0.717) is 22.3 Å². The van der Waals surface area contributed by atoms with Gasteiger partial charge in [0.05, 0.1) is 6.61 Å². The number of nitrogens with one attached hydrogen (secondary N) is 1. The second kappa shape index (κ2) is 6.33. The summed E-state index contributed by atoms with van der Waals surface area (Å²) in [4.78, 5) is 12.9. The molecule has 7 nitrogen and oxygen atoms in total. The molecule has 0 aliphatic heterocycles. The number of fused-ring (bicyclic) bond motifs is 1. The van der Waals surface area contributed by atoms with Gasteiger partial charge in [-0.25, -0.2) is 0 Å². The Hall–Kier alpha value is -2.48. The van der Waals surface area contributed by atoms with Gasteiger partial charge in [0.2, 0.25) is 9.97 Å². The van der Waals surface area contributed by atoms with Crippen molar-refractivity contribution in [1.82, 2.24) is 19.8 Å². The molecule has 0 aliphatic rings. The van der Waals surface area contributed by atoms with Gasteiger partial charge in [-0.2, -0.15) is 4.52 Å². The maximum absolute atomic E-state index is 12.3. The van der Waals surface area contributed by atoms with Crippen molar-refractivity contribution in [2.75, 3.05) is 11.9 Å². The van der Waals surface area contributed by atoms with Crippen LogP contribution in [0.4, 0.5) is 5.69 Å². The lowest BCUT2D eigenvalue weighted by Crippen LogP contribution is -2.12. The Kier molecular flexibility index (Phi) is 4.24. The second-order valence-electron chi connectivity index (χ2n) is 5.23. The van der Waals surface area contributed by atoms with E-state index in [2.05, 4.69) is 20.6 Å². The minimum Gasteiger partial charge on any atom is -0.494 e. The van der Waals surface area contributed by atoms with Crippen LogP contribution in [0.15, 0.2) is 24.3 Å². The number of aromatic nitrogens is 4. The molecule has 0 unspecified atom stereocenters. The van der Waals surface area contributed by atoms with Crippen LogP contribution in [0, 0.1) is 0 Å². The van der Waals surface area contributed by atoms with Crippen LogP contribution in [0.3, 0.4) is 0 Å². The van der Waals surface area contributed by atoms with Gasteiger partial charge in [0.1, 0.15) is 5.75 Å². The van der Waals surface area contributed by atoms with Gasteiger partial charge in [-0.3, -0.25) is 4.79 Å². The lowest BCUT2D eigenvalue weighted by atomic mass is 10.2. The van der Waals surface area contributed by atoms with Gasteiger partial charge < -0.3 is 10.1 Å². The summed E-state index contributed by atoms with van der Waals surface area (Å²) in [5.74, 6) is 1.44. The van der Waals surface area contributed by atoms with Crippen molar-refractivity contribution >= 4 is 27.9 Å². The van der Waals surface area contributed by atoms with Crippen LogP contribution in [0.5, 0.6) is 5.75 Å². The van der Waals surface area contributed by atoms with Crippen LogP contribution in [-0.2, 0) is 0 Å². The van der Waals surface area contributed by atoms with Crippen LogP contribution >= 0.6 is 11.3 Å². The van der Waals surface area contributed by atoms with E-state index in [1.165, 1.54) is 11.3 Å². The molecule has 8 heteroatoms. The highest BCUT2D eigenvalue weighted by atomic mass is 32.1. The first kappa shape index (κ1) is 15.4. The van der Waals surface area contributed by atoms with Crippen LogP contribution < -0.4 is 10.1 Å². The van der Waals surface area contributed by atoms with Crippen molar-refractivity contribution < 1.29 is 9.53 Å². The number of benzene rings is 1. The Bertz CT molecular complexity index is 822. The summed E-state index contributed by atoms with van der Waals surface area (Å²) >= 11 is 1.22. The van der Waals surface area contributed by atoms with Crippen LogP contribution in [-0.4, -0.2) is 32.3 Å². The first-order valence-electron chi connectivity index (χ1n) is 7.35. The molecule has 0 fully saturated rings. The van der Waals surface area contributed by atoms with E-state index in [-0.39, 0.29) is 11.8 Å². The highest BCUT2D eigenvalue weighted by Crippen LogP contribution is 2.20. The topological polar surface area (TPSA) is 81.4 Å². The largest absolute Gasteiger partial charge is 0.494 e. The summed E-state index contributed by atoms with van der Waals surface area (Å²) in [5, 5.41) is 15.6. The molecule has 2 aromatic heterocycles. The standard InChI is InChI=1S/C15H17N5O2S/c1-4-22-11-7-5-10(6-8-11)16-13(21)14-19-20-12(9(2)3)17-18-15(20)23-14/h5-9H,4H2,1-3H3,(H,16,21). The van der Waals surface area contributed by atoms with Crippen LogP contribution in [0.25, 0.3) is 4.96 Å². The van der Waals surface area contributed by atoms with Crippen LogP contribution in [0.1, 0.15) is 42.3 Å².